The van der Waals surface area contributed by atoms with Gasteiger partial charge in [-0.2, -0.15) is 0 Å². The fourth-order valence-electron chi connectivity index (χ4n) is 4.16. The molecule has 0 N–H and O–H groups in total. The van der Waals surface area contributed by atoms with Crippen LogP contribution < -0.4 is 4.90 Å². The highest BCUT2D eigenvalue weighted by atomic mass is 32.2. The predicted molar refractivity (Wildman–Crippen MR) is 138 cm³/mol. The summed E-state index contributed by atoms with van der Waals surface area (Å²) in [5.74, 6) is 0.778. The van der Waals surface area contributed by atoms with E-state index in [-0.39, 0.29) is 17.5 Å². The second-order valence-electron chi connectivity index (χ2n) is 9.15. The van der Waals surface area contributed by atoms with Crippen LogP contribution in [0.15, 0.2) is 53.7 Å². The number of thioether (sulfide) groups is 1. The van der Waals surface area contributed by atoms with E-state index < -0.39 is 0 Å². The van der Waals surface area contributed by atoms with E-state index in [4.69, 9.17) is 0 Å². The molecule has 0 aliphatic carbocycles. The Morgan fingerprint density at radius 1 is 0.971 bits per heavy atom. The second kappa shape index (κ2) is 11.7. The fraction of sp³-hybridized carbons (Fsp3) is 0.423. The summed E-state index contributed by atoms with van der Waals surface area (Å²) in [5, 5.41) is 9.49. The normalized spacial score (nSPS) is 14.2. The molecule has 7 nitrogen and oxygen atoms in total. The number of carbonyl (C=O) groups excluding carboxylic acids is 1. The molecule has 2 heterocycles. The third kappa shape index (κ3) is 6.61. The molecule has 0 unspecified atom stereocenters. The number of hydrogen-bond donors (Lipinski definition) is 0. The van der Waals surface area contributed by atoms with Gasteiger partial charge in [-0.25, -0.2) is 4.39 Å². The molecule has 4 rings (SSSR count). The lowest BCUT2D eigenvalue weighted by molar-refractivity contribution is -0.127. The monoisotopic (exact) mass is 496 g/mol. The van der Waals surface area contributed by atoms with E-state index >= 15 is 0 Å². The van der Waals surface area contributed by atoms with E-state index in [1.807, 2.05) is 42.7 Å². The number of anilines is 1. The number of amides is 1. The van der Waals surface area contributed by atoms with Gasteiger partial charge in [-0.05, 0) is 67.9 Å². The zero-order valence-electron chi connectivity index (χ0n) is 20.7. The van der Waals surface area contributed by atoms with Crippen molar-refractivity contribution in [1.29, 1.82) is 0 Å². The summed E-state index contributed by atoms with van der Waals surface area (Å²) < 4.78 is 15.5. The van der Waals surface area contributed by atoms with Crippen molar-refractivity contribution in [1.82, 2.24) is 24.6 Å². The highest BCUT2D eigenvalue weighted by Gasteiger charge is 2.20. The largest absolute Gasteiger partial charge is 0.378 e. The van der Waals surface area contributed by atoms with Crippen LogP contribution in [0.3, 0.4) is 0 Å². The SMILES string of the molecule is CN(Cc1ccc(N(C)C)cc1)C(=O)CSc1nnc(CN2CCCCC2)n1-c1ccc(F)cc1. The molecule has 1 saturated heterocycles. The Morgan fingerprint density at radius 2 is 1.66 bits per heavy atom. The minimum atomic E-state index is -0.288. The van der Waals surface area contributed by atoms with Crippen LogP contribution in [-0.2, 0) is 17.9 Å². The van der Waals surface area contributed by atoms with Crippen molar-refractivity contribution >= 4 is 23.4 Å². The maximum atomic E-state index is 13.6. The van der Waals surface area contributed by atoms with Gasteiger partial charge >= 0.3 is 0 Å². The first-order chi connectivity index (χ1) is 16.9. The minimum absolute atomic E-state index is 0.0120. The standard InChI is InChI=1S/C26H33FN6OS/c1-30(2)22-11-7-20(8-12-22)17-31(3)25(34)19-35-26-29-28-24(18-32-15-5-4-6-16-32)33(26)23-13-9-21(27)10-14-23/h7-14H,4-6,15-19H2,1-3H3. The first-order valence-electron chi connectivity index (χ1n) is 12.0. The van der Waals surface area contributed by atoms with E-state index in [2.05, 4.69) is 27.2 Å². The summed E-state index contributed by atoms with van der Waals surface area (Å²) in [4.78, 5) is 19.0. The van der Waals surface area contributed by atoms with Crippen molar-refractivity contribution in [2.45, 2.75) is 37.5 Å². The second-order valence-corrected chi connectivity index (χ2v) is 10.1. The molecule has 0 saturated carbocycles. The van der Waals surface area contributed by atoms with Crippen LogP contribution >= 0.6 is 11.8 Å². The van der Waals surface area contributed by atoms with Gasteiger partial charge in [0, 0.05) is 39.1 Å². The van der Waals surface area contributed by atoms with Crippen molar-refractivity contribution in [3.63, 3.8) is 0 Å². The smallest absolute Gasteiger partial charge is 0.233 e. The minimum Gasteiger partial charge on any atom is -0.378 e. The van der Waals surface area contributed by atoms with Gasteiger partial charge in [-0.15, -0.1) is 10.2 Å². The van der Waals surface area contributed by atoms with Crippen LogP contribution in [-0.4, -0.2) is 70.5 Å². The molecule has 0 atom stereocenters. The van der Waals surface area contributed by atoms with E-state index in [1.165, 1.54) is 43.2 Å². The molecule has 35 heavy (non-hydrogen) atoms. The predicted octanol–water partition coefficient (Wildman–Crippen LogP) is 4.21. The molecule has 1 amide bonds. The molecule has 2 aromatic carbocycles. The number of hydrogen-bond acceptors (Lipinski definition) is 6. The highest BCUT2D eigenvalue weighted by Crippen LogP contribution is 2.24. The number of rotatable bonds is 9. The summed E-state index contributed by atoms with van der Waals surface area (Å²) in [5.41, 5.74) is 3.00. The zero-order valence-corrected chi connectivity index (χ0v) is 21.5. The number of piperidine rings is 1. The highest BCUT2D eigenvalue weighted by molar-refractivity contribution is 7.99. The maximum Gasteiger partial charge on any atom is 0.233 e. The zero-order chi connectivity index (χ0) is 24.8. The van der Waals surface area contributed by atoms with E-state index in [9.17, 15) is 9.18 Å². The number of likely N-dealkylation sites (tertiary alicyclic amines) is 1. The summed E-state index contributed by atoms with van der Waals surface area (Å²) in [6.45, 7) is 3.30. The van der Waals surface area contributed by atoms with E-state index in [1.54, 1.807) is 17.0 Å². The van der Waals surface area contributed by atoms with Gasteiger partial charge in [0.05, 0.1) is 12.3 Å². The summed E-state index contributed by atoms with van der Waals surface area (Å²) in [6.07, 6.45) is 3.63. The van der Waals surface area contributed by atoms with Gasteiger partial charge < -0.3 is 9.80 Å². The maximum absolute atomic E-state index is 13.6. The first kappa shape index (κ1) is 25.2. The van der Waals surface area contributed by atoms with Crippen molar-refractivity contribution in [3.05, 3.63) is 65.7 Å². The van der Waals surface area contributed by atoms with Crippen molar-refractivity contribution in [2.24, 2.45) is 0 Å². The van der Waals surface area contributed by atoms with Gasteiger partial charge in [0.25, 0.3) is 0 Å². The Bertz CT molecular complexity index is 1110. The Hall–Kier alpha value is -2.91. The van der Waals surface area contributed by atoms with Gasteiger partial charge in [0.2, 0.25) is 5.91 Å². The number of benzene rings is 2. The van der Waals surface area contributed by atoms with Gasteiger partial charge in [-0.3, -0.25) is 14.3 Å². The van der Waals surface area contributed by atoms with Crippen LogP contribution in [0.2, 0.25) is 0 Å². The average Bonchev–Trinajstić information content (AvgIpc) is 3.26. The molecule has 1 aliphatic rings. The molecule has 1 aromatic heterocycles. The molecule has 0 spiro atoms. The third-order valence-corrected chi connectivity index (χ3v) is 7.14. The summed E-state index contributed by atoms with van der Waals surface area (Å²) in [7, 11) is 5.82. The lowest BCUT2D eigenvalue weighted by atomic mass is 10.1. The van der Waals surface area contributed by atoms with Crippen LogP contribution in [0, 0.1) is 5.82 Å². The molecule has 1 fully saturated rings. The molecule has 0 bridgehead atoms. The quantitative estimate of drug-likeness (QED) is 0.414. The fourth-order valence-corrected chi connectivity index (χ4v) is 5.07. The van der Waals surface area contributed by atoms with Crippen LogP contribution in [0.5, 0.6) is 0 Å². The Kier molecular flexibility index (Phi) is 8.41. The molecule has 9 heteroatoms. The molecule has 0 radical (unpaired) electrons. The molecule has 1 aliphatic heterocycles. The van der Waals surface area contributed by atoms with Crippen LogP contribution in [0.25, 0.3) is 5.69 Å². The van der Waals surface area contributed by atoms with Crippen molar-refractivity contribution in [3.8, 4) is 5.69 Å². The number of carbonyl (C=O) groups is 1. The number of halogens is 1. The molecular weight excluding hydrogens is 463 g/mol. The topological polar surface area (TPSA) is 57.5 Å². The summed E-state index contributed by atoms with van der Waals surface area (Å²) in [6, 6.07) is 14.5. The van der Waals surface area contributed by atoms with E-state index in [0.717, 1.165) is 35.9 Å². The van der Waals surface area contributed by atoms with E-state index in [0.29, 0.717) is 18.2 Å². The number of nitrogens with zero attached hydrogens (tertiary/aromatic N) is 6. The number of aromatic nitrogens is 3. The van der Waals surface area contributed by atoms with Crippen LogP contribution in [0.1, 0.15) is 30.7 Å². The van der Waals surface area contributed by atoms with Crippen LogP contribution in [0.4, 0.5) is 10.1 Å². The Balaban J connectivity index is 1.44. The molecule has 3 aromatic rings. The molecule has 186 valence electrons. The van der Waals surface area contributed by atoms with Gasteiger partial charge in [-0.1, -0.05) is 30.3 Å². The Labute approximate surface area is 210 Å². The van der Waals surface area contributed by atoms with Crippen molar-refractivity contribution < 1.29 is 9.18 Å². The lowest BCUT2D eigenvalue weighted by Gasteiger charge is -2.26. The van der Waals surface area contributed by atoms with Gasteiger partial charge in [0.15, 0.2) is 11.0 Å². The lowest BCUT2D eigenvalue weighted by Crippen LogP contribution is -2.30. The third-order valence-electron chi connectivity index (χ3n) is 6.22. The van der Waals surface area contributed by atoms with Gasteiger partial charge in [0.1, 0.15) is 5.82 Å². The average molecular weight is 497 g/mol. The Morgan fingerprint density at radius 3 is 2.31 bits per heavy atom. The van der Waals surface area contributed by atoms with Crippen molar-refractivity contribution in [2.75, 3.05) is 44.9 Å². The molecular formula is C26H33FN6OS. The first-order valence-corrected chi connectivity index (χ1v) is 12.9. The summed E-state index contributed by atoms with van der Waals surface area (Å²) >= 11 is 1.36.